The number of aryl methyl sites for hydroxylation is 1. The lowest BCUT2D eigenvalue weighted by molar-refractivity contribution is -0.121. The Labute approximate surface area is 179 Å². The molecule has 0 unspecified atom stereocenters. The van der Waals surface area contributed by atoms with Gasteiger partial charge < -0.3 is 20.1 Å². The average molecular weight is 409 g/mol. The highest BCUT2D eigenvalue weighted by atomic mass is 16.5. The molecule has 1 amide bonds. The highest BCUT2D eigenvalue weighted by molar-refractivity contribution is 5.78. The summed E-state index contributed by atoms with van der Waals surface area (Å²) in [6, 6.07) is 14.7. The molecule has 0 aromatic heterocycles. The van der Waals surface area contributed by atoms with Gasteiger partial charge >= 0.3 is 0 Å². The first-order valence-corrected chi connectivity index (χ1v) is 11.1. The maximum Gasteiger partial charge on any atom is 0.234 e. The minimum absolute atomic E-state index is 0.0386. The molecule has 2 aromatic carbocycles. The number of benzene rings is 2. The number of carbonyl (C=O) groups is 1. The molecule has 0 fully saturated rings. The average Bonchev–Trinajstić information content (AvgIpc) is 2.99. The monoisotopic (exact) mass is 408 g/mol. The molecule has 0 bridgehead atoms. The van der Waals surface area contributed by atoms with Gasteiger partial charge in [0.15, 0.2) is 11.5 Å². The quantitative estimate of drug-likeness (QED) is 0.747. The van der Waals surface area contributed by atoms with Crippen LogP contribution in [-0.2, 0) is 11.2 Å². The van der Waals surface area contributed by atoms with Crippen LogP contribution in [0.2, 0.25) is 0 Å². The Morgan fingerprint density at radius 3 is 2.70 bits per heavy atom. The third kappa shape index (κ3) is 4.78. The number of hydrogen-bond donors (Lipinski definition) is 2. The second kappa shape index (κ2) is 9.52. The fourth-order valence-corrected chi connectivity index (χ4v) is 4.46. The molecule has 5 nitrogen and oxygen atoms in total. The number of nitrogens with one attached hydrogen (secondary N) is 2. The second-order valence-corrected chi connectivity index (χ2v) is 8.57. The third-order valence-electron chi connectivity index (χ3n) is 5.98. The zero-order valence-corrected chi connectivity index (χ0v) is 17.9. The molecule has 2 aromatic rings. The summed E-state index contributed by atoms with van der Waals surface area (Å²) in [4.78, 5) is 12.7. The fraction of sp³-hybridized carbons (Fsp3) is 0.480. The molecule has 1 aliphatic heterocycles. The van der Waals surface area contributed by atoms with Crippen molar-refractivity contribution in [3.8, 4) is 11.5 Å². The van der Waals surface area contributed by atoms with Gasteiger partial charge in [-0.2, -0.15) is 0 Å². The molecule has 5 heteroatoms. The molecule has 160 valence electrons. The van der Waals surface area contributed by atoms with Crippen LogP contribution in [0.5, 0.6) is 11.5 Å². The van der Waals surface area contributed by atoms with Crippen LogP contribution in [0.1, 0.15) is 61.9 Å². The lowest BCUT2D eigenvalue weighted by Gasteiger charge is -2.27. The minimum atomic E-state index is 0.0386. The third-order valence-corrected chi connectivity index (χ3v) is 5.98. The van der Waals surface area contributed by atoms with Crippen LogP contribution in [0.25, 0.3) is 0 Å². The molecule has 1 aliphatic carbocycles. The van der Waals surface area contributed by atoms with Gasteiger partial charge in [0.05, 0.1) is 25.8 Å². The maximum atomic E-state index is 12.7. The highest BCUT2D eigenvalue weighted by Gasteiger charge is 2.23. The van der Waals surface area contributed by atoms with Crippen molar-refractivity contribution in [3.63, 3.8) is 0 Å². The van der Waals surface area contributed by atoms with Crippen LogP contribution in [0.15, 0.2) is 42.5 Å². The SMILES string of the molecule is CC(C)[C@H](NCC(=O)N[C@H]1CCCc2ccccc21)c1ccc2c(c1)OCCCO2. The maximum absolute atomic E-state index is 12.7. The Kier molecular flexibility index (Phi) is 6.58. The number of ether oxygens (including phenoxy) is 2. The fourth-order valence-electron chi connectivity index (χ4n) is 4.46. The molecule has 2 aliphatic rings. The highest BCUT2D eigenvalue weighted by Crippen LogP contribution is 2.34. The molecule has 1 heterocycles. The van der Waals surface area contributed by atoms with Crippen LogP contribution in [0.4, 0.5) is 0 Å². The standard InChI is InChI=1S/C25H32N2O3/c1-17(2)25(19-11-12-22-23(15-19)30-14-6-13-29-22)26-16-24(28)27-21-10-5-8-18-7-3-4-9-20(18)21/h3-4,7,9,11-12,15,17,21,25-26H,5-6,8,10,13-14,16H2,1-2H3,(H,27,28)/t21-,25-/m0/s1. The summed E-state index contributed by atoms with van der Waals surface area (Å²) >= 11 is 0. The smallest absolute Gasteiger partial charge is 0.234 e. The minimum Gasteiger partial charge on any atom is -0.490 e. The predicted octanol–water partition coefficient (Wildman–Crippen LogP) is 4.33. The van der Waals surface area contributed by atoms with E-state index >= 15 is 0 Å². The van der Waals surface area contributed by atoms with Gasteiger partial charge in [-0.05, 0) is 54.0 Å². The topological polar surface area (TPSA) is 59.6 Å². The van der Waals surface area contributed by atoms with E-state index in [1.165, 1.54) is 11.1 Å². The molecule has 4 rings (SSSR count). The van der Waals surface area contributed by atoms with Crippen molar-refractivity contribution in [1.82, 2.24) is 10.6 Å². The normalized spacial score (nSPS) is 19.0. The Balaban J connectivity index is 1.40. The molecule has 30 heavy (non-hydrogen) atoms. The van der Waals surface area contributed by atoms with Gasteiger partial charge in [0.25, 0.3) is 0 Å². The Morgan fingerprint density at radius 1 is 1.07 bits per heavy atom. The zero-order valence-electron chi connectivity index (χ0n) is 17.9. The van der Waals surface area contributed by atoms with E-state index in [-0.39, 0.29) is 24.5 Å². The Morgan fingerprint density at radius 2 is 1.87 bits per heavy atom. The molecule has 0 spiro atoms. The number of hydrogen-bond acceptors (Lipinski definition) is 4. The predicted molar refractivity (Wildman–Crippen MR) is 118 cm³/mol. The van der Waals surface area contributed by atoms with Crippen LogP contribution >= 0.6 is 0 Å². The molecular formula is C25H32N2O3. The van der Waals surface area contributed by atoms with Crippen molar-refractivity contribution < 1.29 is 14.3 Å². The number of fused-ring (bicyclic) bond motifs is 2. The van der Waals surface area contributed by atoms with Crippen molar-refractivity contribution in [1.29, 1.82) is 0 Å². The van der Waals surface area contributed by atoms with Crippen molar-refractivity contribution in [2.75, 3.05) is 19.8 Å². The van der Waals surface area contributed by atoms with E-state index < -0.39 is 0 Å². The zero-order chi connectivity index (χ0) is 20.9. The summed E-state index contributed by atoms with van der Waals surface area (Å²) in [5, 5.41) is 6.70. The lowest BCUT2D eigenvalue weighted by Crippen LogP contribution is -2.39. The van der Waals surface area contributed by atoms with E-state index in [1.54, 1.807) is 0 Å². The number of carbonyl (C=O) groups excluding carboxylic acids is 1. The van der Waals surface area contributed by atoms with E-state index in [0.717, 1.165) is 42.7 Å². The van der Waals surface area contributed by atoms with Crippen LogP contribution < -0.4 is 20.1 Å². The summed E-state index contributed by atoms with van der Waals surface area (Å²) in [6.45, 7) is 5.96. The van der Waals surface area contributed by atoms with Gasteiger partial charge in [-0.3, -0.25) is 4.79 Å². The first kappa shape index (κ1) is 20.7. The lowest BCUT2D eigenvalue weighted by atomic mass is 9.88. The largest absolute Gasteiger partial charge is 0.490 e. The first-order chi connectivity index (χ1) is 14.6. The van der Waals surface area contributed by atoms with E-state index in [2.05, 4.69) is 54.8 Å². The molecule has 2 N–H and O–H groups in total. The van der Waals surface area contributed by atoms with Gasteiger partial charge in [-0.25, -0.2) is 0 Å². The number of rotatable bonds is 6. The molecule has 2 atom stereocenters. The van der Waals surface area contributed by atoms with Gasteiger partial charge in [0.1, 0.15) is 0 Å². The van der Waals surface area contributed by atoms with Gasteiger partial charge in [0, 0.05) is 12.5 Å². The Bertz CT molecular complexity index is 880. The van der Waals surface area contributed by atoms with E-state index in [9.17, 15) is 4.79 Å². The molecular weight excluding hydrogens is 376 g/mol. The van der Waals surface area contributed by atoms with Gasteiger partial charge in [-0.15, -0.1) is 0 Å². The van der Waals surface area contributed by atoms with Crippen molar-refractivity contribution in [2.45, 2.75) is 51.6 Å². The molecule has 0 saturated carbocycles. The Hall–Kier alpha value is -2.53. The molecule has 0 radical (unpaired) electrons. The van der Waals surface area contributed by atoms with Crippen molar-refractivity contribution in [3.05, 3.63) is 59.2 Å². The van der Waals surface area contributed by atoms with Crippen LogP contribution in [-0.4, -0.2) is 25.7 Å². The van der Waals surface area contributed by atoms with Crippen LogP contribution in [0.3, 0.4) is 0 Å². The van der Waals surface area contributed by atoms with E-state index in [0.29, 0.717) is 19.1 Å². The summed E-state index contributed by atoms with van der Waals surface area (Å²) in [5.74, 6) is 1.96. The van der Waals surface area contributed by atoms with Crippen molar-refractivity contribution in [2.24, 2.45) is 5.92 Å². The second-order valence-electron chi connectivity index (χ2n) is 8.57. The summed E-state index contributed by atoms with van der Waals surface area (Å²) in [5.41, 5.74) is 3.74. The van der Waals surface area contributed by atoms with Crippen LogP contribution in [0, 0.1) is 5.92 Å². The summed E-state index contributed by atoms with van der Waals surface area (Å²) < 4.78 is 11.6. The van der Waals surface area contributed by atoms with E-state index in [4.69, 9.17) is 9.47 Å². The van der Waals surface area contributed by atoms with Crippen molar-refractivity contribution >= 4 is 5.91 Å². The molecule has 0 saturated heterocycles. The summed E-state index contributed by atoms with van der Waals surface area (Å²) in [7, 11) is 0. The first-order valence-electron chi connectivity index (χ1n) is 11.1. The van der Waals surface area contributed by atoms with Gasteiger partial charge in [0.2, 0.25) is 5.91 Å². The summed E-state index contributed by atoms with van der Waals surface area (Å²) in [6.07, 6.45) is 4.10. The van der Waals surface area contributed by atoms with E-state index in [1.807, 2.05) is 12.1 Å². The number of amides is 1. The van der Waals surface area contributed by atoms with Gasteiger partial charge in [-0.1, -0.05) is 44.2 Å².